The molecule has 0 aromatic heterocycles. The van der Waals surface area contributed by atoms with Crippen LogP contribution in [-0.2, 0) is 15.9 Å². The summed E-state index contributed by atoms with van der Waals surface area (Å²) in [4.78, 5) is 6.06. The van der Waals surface area contributed by atoms with Crippen LogP contribution >= 0.6 is 0 Å². The highest BCUT2D eigenvalue weighted by Crippen LogP contribution is 2.34. The third kappa shape index (κ3) is 2.80. The summed E-state index contributed by atoms with van der Waals surface area (Å²) in [6, 6.07) is 5.31. The average Bonchev–Trinajstić information content (AvgIpc) is 3.06. The third-order valence-corrected chi connectivity index (χ3v) is 4.52. The molecule has 0 amide bonds. The predicted molar refractivity (Wildman–Crippen MR) is 84.9 cm³/mol. The van der Waals surface area contributed by atoms with Crippen LogP contribution in [0.25, 0.3) is 5.70 Å². The van der Waals surface area contributed by atoms with Crippen LogP contribution < -0.4 is 0 Å². The van der Waals surface area contributed by atoms with Crippen LogP contribution in [0.5, 0.6) is 5.75 Å². The monoisotopic (exact) mass is 316 g/mol. The first kappa shape index (κ1) is 14.5. The fourth-order valence-corrected chi connectivity index (χ4v) is 3.32. The first-order valence-electron chi connectivity index (χ1n) is 8.01. The Morgan fingerprint density at radius 1 is 1.39 bits per heavy atom. The lowest BCUT2D eigenvalue weighted by molar-refractivity contribution is 0.0405. The molecule has 1 fully saturated rings. The van der Waals surface area contributed by atoms with Crippen LogP contribution in [0.1, 0.15) is 24.0 Å². The number of aliphatic hydroxyl groups excluding tert-OH is 1. The highest BCUT2D eigenvalue weighted by molar-refractivity contribution is 5.97. The molecule has 4 rings (SSSR count). The van der Waals surface area contributed by atoms with Gasteiger partial charge >= 0.3 is 0 Å². The largest absolute Gasteiger partial charge is 0.508 e. The minimum Gasteiger partial charge on any atom is -0.508 e. The standard InChI is InChI=1S/C17H20N2O4/c20-12-3-4-14-11(8-12)5-6-19-15(14)9-16(18-17(19)21)23-10-13-2-1-7-22-13/h3-4,8-9,13,17,20-21H,1-2,5-7,10H2. The van der Waals surface area contributed by atoms with E-state index in [1.807, 2.05) is 17.0 Å². The minimum absolute atomic E-state index is 0.113. The van der Waals surface area contributed by atoms with E-state index in [9.17, 15) is 10.2 Å². The van der Waals surface area contributed by atoms with Crippen LogP contribution in [-0.4, -0.2) is 53.2 Å². The molecule has 6 nitrogen and oxygen atoms in total. The number of hydrogen-bond acceptors (Lipinski definition) is 6. The van der Waals surface area contributed by atoms with Crippen LogP contribution in [0, 0.1) is 0 Å². The molecule has 2 atom stereocenters. The van der Waals surface area contributed by atoms with E-state index < -0.39 is 6.35 Å². The molecule has 3 aliphatic heterocycles. The Bertz CT molecular complexity index is 665. The normalized spacial score (nSPS) is 26.2. The van der Waals surface area contributed by atoms with E-state index in [2.05, 4.69) is 4.99 Å². The van der Waals surface area contributed by atoms with Crippen molar-refractivity contribution >= 4 is 11.6 Å². The summed E-state index contributed by atoms with van der Waals surface area (Å²) in [6.45, 7) is 1.90. The fourth-order valence-electron chi connectivity index (χ4n) is 3.32. The zero-order chi connectivity index (χ0) is 15.8. The molecule has 3 aliphatic rings. The third-order valence-electron chi connectivity index (χ3n) is 4.52. The molecule has 3 heterocycles. The molecule has 2 N–H and O–H groups in total. The summed E-state index contributed by atoms with van der Waals surface area (Å²) in [5.41, 5.74) is 2.96. The van der Waals surface area contributed by atoms with Crippen molar-refractivity contribution in [3.8, 4) is 5.75 Å². The molecule has 0 spiro atoms. The van der Waals surface area contributed by atoms with Crippen molar-refractivity contribution in [1.82, 2.24) is 4.90 Å². The molecule has 0 bridgehead atoms. The summed E-state index contributed by atoms with van der Waals surface area (Å²) in [7, 11) is 0. The van der Waals surface area contributed by atoms with Crippen LogP contribution in [0.3, 0.4) is 0 Å². The van der Waals surface area contributed by atoms with E-state index in [0.29, 0.717) is 19.0 Å². The molecular weight excluding hydrogens is 296 g/mol. The number of ether oxygens (including phenoxy) is 2. The van der Waals surface area contributed by atoms with Gasteiger partial charge in [0.2, 0.25) is 12.2 Å². The Balaban J connectivity index is 1.58. The summed E-state index contributed by atoms with van der Waals surface area (Å²) in [6.07, 6.45) is 3.87. The maximum atomic E-state index is 10.3. The van der Waals surface area contributed by atoms with Crippen molar-refractivity contribution in [2.24, 2.45) is 4.99 Å². The summed E-state index contributed by atoms with van der Waals surface area (Å²) in [5, 5.41) is 19.9. The van der Waals surface area contributed by atoms with Gasteiger partial charge in [-0.05, 0) is 43.0 Å². The van der Waals surface area contributed by atoms with Gasteiger partial charge in [-0.1, -0.05) is 0 Å². The van der Waals surface area contributed by atoms with E-state index in [1.54, 1.807) is 12.1 Å². The lowest BCUT2D eigenvalue weighted by Crippen LogP contribution is -2.40. The van der Waals surface area contributed by atoms with Gasteiger partial charge in [0.05, 0.1) is 11.8 Å². The lowest BCUT2D eigenvalue weighted by atomic mass is 9.95. The van der Waals surface area contributed by atoms with Crippen molar-refractivity contribution in [3.63, 3.8) is 0 Å². The molecular formula is C17H20N2O4. The number of benzene rings is 1. The second-order valence-corrected chi connectivity index (χ2v) is 6.07. The van der Waals surface area contributed by atoms with Crippen molar-refractivity contribution in [3.05, 3.63) is 35.4 Å². The topological polar surface area (TPSA) is 74.5 Å². The van der Waals surface area contributed by atoms with Gasteiger partial charge in [-0.2, -0.15) is 4.99 Å². The SMILES string of the molecule is Oc1ccc2c(c1)CCN1C2=CC(OCC2CCCO2)=NC1O. The second kappa shape index (κ2) is 5.86. The molecule has 0 radical (unpaired) electrons. The Hall–Kier alpha value is -2.05. The predicted octanol–water partition coefficient (Wildman–Crippen LogP) is 1.47. The molecule has 1 saturated heterocycles. The van der Waals surface area contributed by atoms with Crippen molar-refractivity contribution < 1.29 is 19.7 Å². The van der Waals surface area contributed by atoms with Gasteiger partial charge in [-0.3, -0.25) is 0 Å². The Labute approximate surface area is 134 Å². The molecule has 2 unspecified atom stereocenters. The summed E-state index contributed by atoms with van der Waals surface area (Å²) in [5.74, 6) is 0.692. The van der Waals surface area contributed by atoms with E-state index in [1.165, 1.54) is 0 Å². The molecule has 1 aromatic carbocycles. The molecule has 0 aliphatic carbocycles. The molecule has 0 saturated carbocycles. The number of aliphatic hydroxyl groups is 1. The molecule has 1 aromatic rings. The van der Waals surface area contributed by atoms with Gasteiger partial charge < -0.3 is 24.6 Å². The van der Waals surface area contributed by atoms with Gasteiger partial charge in [0.1, 0.15) is 12.4 Å². The second-order valence-electron chi connectivity index (χ2n) is 6.07. The van der Waals surface area contributed by atoms with E-state index in [-0.39, 0.29) is 11.9 Å². The van der Waals surface area contributed by atoms with Crippen molar-refractivity contribution in [2.45, 2.75) is 31.7 Å². The van der Waals surface area contributed by atoms with Crippen LogP contribution in [0.4, 0.5) is 0 Å². The quantitative estimate of drug-likeness (QED) is 0.864. The van der Waals surface area contributed by atoms with Crippen LogP contribution in [0.15, 0.2) is 29.3 Å². The minimum atomic E-state index is -0.934. The van der Waals surface area contributed by atoms with Gasteiger partial charge in [-0.15, -0.1) is 0 Å². The first-order chi connectivity index (χ1) is 11.2. The number of nitrogens with zero attached hydrogens (tertiary/aromatic N) is 2. The highest BCUT2D eigenvalue weighted by Gasteiger charge is 2.30. The van der Waals surface area contributed by atoms with Crippen LogP contribution in [0.2, 0.25) is 0 Å². The summed E-state index contributed by atoms with van der Waals surface area (Å²) >= 11 is 0. The van der Waals surface area contributed by atoms with Crippen molar-refractivity contribution in [1.29, 1.82) is 0 Å². The van der Waals surface area contributed by atoms with Gasteiger partial charge in [-0.25, -0.2) is 0 Å². The zero-order valence-electron chi connectivity index (χ0n) is 12.8. The molecule has 23 heavy (non-hydrogen) atoms. The lowest BCUT2D eigenvalue weighted by Gasteiger charge is -2.37. The van der Waals surface area contributed by atoms with Crippen molar-refractivity contribution in [2.75, 3.05) is 19.8 Å². The van der Waals surface area contributed by atoms with E-state index >= 15 is 0 Å². The fraction of sp³-hybridized carbons (Fsp3) is 0.471. The van der Waals surface area contributed by atoms with E-state index in [4.69, 9.17) is 9.47 Å². The Morgan fingerprint density at radius 3 is 3.13 bits per heavy atom. The number of phenolic OH excluding ortho intramolecular Hbond substituents is 1. The smallest absolute Gasteiger partial charge is 0.229 e. The Morgan fingerprint density at radius 2 is 2.30 bits per heavy atom. The maximum Gasteiger partial charge on any atom is 0.229 e. The van der Waals surface area contributed by atoms with Gasteiger partial charge in [0.25, 0.3) is 0 Å². The number of hydrogen-bond donors (Lipinski definition) is 2. The zero-order valence-corrected chi connectivity index (χ0v) is 12.8. The van der Waals surface area contributed by atoms with Gasteiger partial charge in [0, 0.05) is 24.8 Å². The van der Waals surface area contributed by atoms with E-state index in [0.717, 1.165) is 42.7 Å². The number of phenols is 1. The highest BCUT2D eigenvalue weighted by atomic mass is 16.5. The average molecular weight is 316 g/mol. The number of rotatable bonds is 2. The number of fused-ring (bicyclic) bond motifs is 3. The molecule has 122 valence electrons. The summed E-state index contributed by atoms with van der Waals surface area (Å²) < 4.78 is 11.3. The Kier molecular flexibility index (Phi) is 3.71. The van der Waals surface area contributed by atoms with Gasteiger partial charge in [0.15, 0.2) is 0 Å². The molecule has 6 heteroatoms. The first-order valence-corrected chi connectivity index (χ1v) is 8.01. The maximum absolute atomic E-state index is 10.3. The number of aliphatic imine (C=N–C) groups is 1. The number of aromatic hydroxyl groups is 1.